The van der Waals surface area contributed by atoms with Gasteiger partial charge in [0, 0.05) is 45.3 Å². The molecule has 2 heterocycles. The third-order valence-corrected chi connectivity index (χ3v) is 5.55. The van der Waals surface area contributed by atoms with Crippen LogP contribution in [0.15, 0.2) is 36.4 Å². The van der Waals surface area contributed by atoms with Gasteiger partial charge >= 0.3 is 0 Å². The molecule has 2 aliphatic heterocycles. The molecule has 0 aromatic heterocycles. The number of nitrogens with one attached hydrogen (secondary N) is 1. The Hall–Kier alpha value is -3.17. The van der Waals surface area contributed by atoms with Crippen LogP contribution >= 0.6 is 0 Å². The summed E-state index contributed by atoms with van der Waals surface area (Å²) >= 11 is 0. The first-order valence-corrected chi connectivity index (χ1v) is 10.3. The first-order valence-electron chi connectivity index (χ1n) is 10.3. The number of hydrogen-bond acceptors (Lipinski definition) is 7. The summed E-state index contributed by atoms with van der Waals surface area (Å²) in [7, 11) is 2.13. The van der Waals surface area contributed by atoms with E-state index in [1.54, 1.807) is 0 Å². The van der Waals surface area contributed by atoms with Gasteiger partial charge in [-0.05, 0) is 18.2 Å². The highest BCUT2D eigenvalue weighted by molar-refractivity contribution is 5.99. The molecule has 0 saturated carbocycles. The first-order chi connectivity index (χ1) is 15.0. The lowest BCUT2D eigenvalue weighted by atomic mass is 10.1. The minimum Gasteiger partial charge on any atom is -0.486 e. The van der Waals surface area contributed by atoms with Crippen LogP contribution in [0.1, 0.15) is 21.5 Å². The Morgan fingerprint density at radius 1 is 1.06 bits per heavy atom. The molecule has 1 amide bonds. The molecular weight excluding hydrogens is 400 g/mol. The van der Waals surface area contributed by atoms with Gasteiger partial charge in [-0.1, -0.05) is 24.3 Å². The molecule has 0 radical (unpaired) electrons. The number of ether oxygens (including phenoxy) is 2. The summed E-state index contributed by atoms with van der Waals surface area (Å²) in [4.78, 5) is 28.4. The van der Waals surface area contributed by atoms with Gasteiger partial charge in [-0.3, -0.25) is 19.8 Å². The number of piperazine rings is 1. The Morgan fingerprint density at radius 3 is 2.45 bits per heavy atom. The molecule has 0 spiro atoms. The normalized spacial score (nSPS) is 16.7. The average molecular weight is 426 g/mol. The van der Waals surface area contributed by atoms with Gasteiger partial charge in [0.1, 0.15) is 18.8 Å². The van der Waals surface area contributed by atoms with Crippen LogP contribution in [0.4, 0.5) is 5.69 Å². The maximum Gasteiger partial charge on any atom is 0.286 e. The van der Waals surface area contributed by atoms with E-state index in [-0.39, 0.29) is 23.5 Å². The highest BCUT2D eigenvalue weighted by Gasteiger charge is 2.26. The summed E-state index contributed by atoms with van der Waals surface area (Å²) in [6.07, 6.45) is 0. The molecule has 1 saturated heterocycles. The van der Waals surface area contributed by atoms with Crippen LogP contribution < -0.4 is 14.8 Å². The number of benzene rings is 2. The monoisotopic (exact) mass is 426 g/mol. The SMILES string of the molecule is CN1CCN(Cc2cccc(CNC(=O)c3cc4c(cc3[N+](=O)[O-])OCCO4)c2)CC1. The van der Waals surface area contributed by atoms with E-state index in [4.69, 9.17) is 9.47 Å². The largest absolute Gasteiger partial charge is 0.486 e. The van der Waals surface area contributed by atoms with E-state index in [0.717, 1.165) is 38.3 Å². The van der Waals surface area contributed by atoms with Gasteiger partial charge in [-0.15, -0.1) is 0 Å². The molecule has 4 rings (SSSR count). The zero-order valence-corrected chi connectivity index (χ0v) is 17.5. The molecule has 31 heavy (non-hydrogen) atoms. The van der Waals surface area contributed by atoms with Gasteiger partial charge in [0.05, 0.1) is 11.0 Å². The number of rotatable bonds is 6. The highest BCUT2D eigenvalue weighted by Crippen LogP contribution is 2.36. The molecule has 0 bridgehead atoms. The van der Waals surface area contributed by atoms with Gasteiger partial charge in [0.25, 0.3) is 11.6 Å². The number of likely N-dealkylation sites (N-methyl/N-ethyl adjacent to an activating group) is 1. The molecule has 1 N–H and O–H groups in total. The van der Waals surface area contributed by atoms with Crippen molar-refractivity contribution in [3.63, 3.8) is 0 Å². The van der Waals surface area contributed by atoms with Crippen molar-refractivity contribution in [2.75, 3.05) is 46.4 Å². The average Bonchev–Trinajstić information content (AvgIpc) is 2.78. The van der Waals surface area contributed by atoms with Crippen molar-refractivity contribution < 1.29 is 19.2 Å². The molecular formula is C22H26N4O5. The number of nitrogens with zero attached hydrogens (tertiary/aromatic N) is 3. The van der Waals surface area contributed by atoms with Gasteiger partial charge in [-0.25, -0.2) is 0 Å². The van der Waals surface area contributed by atoms with Crippen molar-refractivity contribution in [1.82, 2.24) is 15.1 Å². The van der Waals surface area contributed by atoms with Crippen LogP contribution in [0.2, 0.25) is 0 Å². The lowest BCUT2D eigenvalue weighted by Crippen LogP contribution is -2.43. The molecule has 2 aromatic rings. The van der Waals surface area contributed by atoms with E-state index in [1.165, 1.54) is 17.7 Å². The van der Waals surface area contributed by atoms with Gasteiger partial charge < -0.3 is 19.7 Å². The molecule has 2 aliphatic rings. The zero-order chi connectivity index (χ0) is 21.8. The number of fused-ring (bicyclic) bond motifs is 1. The number of nitro groups is 1. The van der Waals surface area contributed by atoms with Gasteiger partial charge in [0.15, 0.2) is 11.5 Å². The van der Waals surface area contributed by atoms with Crippen molar-refractivity contribution in [3.8, 4) is 11.5 Å². The van der Waals surface area contributed by atoms with Crippen molar-refractivity contribution in [2.24, 2.45) is 0 Å². The number of carbonyl (C=O) groups excluding carboxylic acids is 1. The quantitative estimate of drug-likeness (QED) is 0.558. The second-order valence-electron chi connectivity index (χ2n) is 7.85. The Balaban J connectivity index is 1.42. The van der Waals surface area contributed by atoms with Crippen LogP contribution in [0, 0.1) is 10.1 Å². The Kier molecular flexibility index (Phi) is 6.34. The molecule has 2 aromatic carbocycles. The fraction of sp³-hybridized carbons (Fsp3) is 0.409. The summed E-state index contributed by atoms with van der Waals surface area (Å²) in [5.74, 6) is 0.107. The standard InChI is InChI=1S/C22H26N4O5/c1-24-5-7-25(8-6-24)15-17-4-2-3-16(11-17)14-23-22(27)18-12-20-21(31-10-9-30-20)13-19(18)26(28)29/h2-4,11-13H,5-10,14-15H2,1H3,(H,23,27). The second-order valence-corrected chi connectivity index (χ2v) is 7.85. The highest BCUT2D eigenvalue weighted by atomic mass is 16.6. The predicted octanol–water partition coefficient (Wildman–Crippen LogP) is 2.04. The fourth-order valence-corrected chi connectivity index (χ4v) is 3.79. The summed E-state index contributed by atoms with van der Waals surface area (Å²) in [6, 6.07) is 10.7. The second kappa shape index (κ2) is 9.32. The maximum atomic E-state index is 12.7. The molecule has 9 heteroatoms. The third-order valence-electron chi connectivity index (χ3n) is 5.55. The fourth-order valence-electron chi connectivity index (χ4n) is 3.79. The zero-order valence-electron chi connectivity index (χ0n) is 17.5. The van der Waals surface area contributed by atoms with Crippen molar-refractivity contribution in [1.29, 1.82) is 0 Å². The van der Waals surface area contributed by atoms with E-state index < -0.39 is 10.8 Å². The molecule has 164 valence electrons. The summed E-state index contributed by atoms with van der Waals surface area (Å²) in [5, 5.41) is 14.3. The number of nitro benzene ring substituents is 1. The minimum absolute atomic E-state index is 0.0390. The van der Waals surface area contributed by atoms with E-state index in [2.05, 4.69) is 34.3 Å². The number of hydrogen-bond donors (Lipinski definition) is 1. The van der Waals surface area contributed by atoms with Crippen LogP contribution in [-0.4, -0.2) is 67.1 Å². The number of carbonyl (C=O) groups is 1. The summed E-state index contributed by atoms with van der Waals surface area (Å²) in [6.45, 7) is 5.99. The maximum absolute atomic E-state index is 12.7. The summed E-state index contributed by atoms with van der Waals surface area (Å²) < 4.78 is 10.9. The van der Waals surface area contributed by atoms with Crippen LogP contribution in [0.25, 0.3) is 0 Å². The van der Waals surface area contributed by atoms with Crippen molar-refractivity contribution >= 4 is 11.6 Å². The van der Waals surface area contributed by atoms with Crippen LogP contribution in [0.5, 0.6) is 11.5 Å². The smallest absolute Gasteiger partial charge is 0.286 e. The third kappa shape index (κ3) is 5.12. The molecule has 0 unspecified atom stereocenters. The number of amides is 1. The van der Waals surface area contributed by atoms with Gasteiger partial charge in [0.2, 0.25) is 0 Å². The predicted molar refractivity (Wildman–Crippen MR) is 114 cm³/mol. The summed E-state index contributed by atoms with van der Waals surface area (Å²) in [5.41, 5.74) is 1.79. The lowest BCUT2D eigenvalue weighted by molar-refractivity contribution is -0.385. The molecule has 1 fully saturated rings. The van der Waals surface area contributed by atoms with E-state index >= 15 is 0 Å². The van der Waals surface area contributed by atoms with Gasteiger partial charge in [-0.2, -0.15) is 0 Å². The minimum atomic E-state index is -0.580. The van der Waals surface area contributed by atoms with E-state index in [1.807, 2.05) is 12.1 Å². The Labute approximate surface area is 180 Å². The van der Waals surface area contributed by atoms with Crippen LogP contribution in [0.3, 0.4) is 0 Å². The first kappa shape index (κ1) is 21.1. The Morgan fingerprint density at radius 2 is 1.74 bits per heavy atom. The topological polar surface area (TPSA) is 97.2 Å². The molecule has 0 atom stereocenters. The van der Waals surface area contributed by atoms with Crippen molar-refractivity contribution in [2.45, 2.75) is 13.1 Å². The molecule has 0 aliphatic carbocycles. The van der Waals surface area contributed by atoms with Crippen LogP contribution in [-0.2, 0) is 13.1 Å². The lowest BCUT2D eigenvalue weighted by Gasteiger charge is -2.32. The molecule has 9 nitrogen and oxygen atoms in total. The Bertz CT molecular complexity index is 972. The van der Waals surface area contributed by atoms with E-state index in [0.29, 0.717) is 19.0 Å². The van der Waals surface area contributed by atoms with Crippen molar-refractivity contribution in [3.05, 3.63) is 63.2 Å². The van der Waals surface area contributed by atoms with E-state index in [9.17, 15) is 14.9 Å².